The second-order valence-corrected chi connectivity index (χ2v) is 45.8. The van der Waals surface area contributed by atoms with Crippen LogP contribution in [-0.2, 0) is 115 Å². The van der Waals surface area contributed by atoms with E-state index in [2.05, 4.69) is 23.1 Å². The van der Waals surface area contributed by atoms with Gasteiger partial charge in [-0.1, -0.05) is 189 Å². The number of hydrogen-bond donors (Lipinski definition) is 3. The Labute approximate surface area is 891 Å². The molecule has 18 fully saturated rings. The Kier molecular flexibility index (Phi) is 46.1. The van der Waals surface area contributed by atoms with E-state index in [1.54, 1.807) is 25.5 Å². The van der Waals surface area contributed by atoms with Crippen LogP contribution in [0.25, 0.3) is 0 Å². The number of aliphatic hydroxyl groups is 1. The fourth-order valence-electron chi connectivity index (χ4n) is 23.0. The van der Waals surface area contributed by atoms with Crippen LogP contribution >= 0.6 is 19.4 Å². The maximum atomic E-state index is 12.1. The van der Waals surface area contributed by atoms with E-state index in [1.165, 1.54) is 18.9 Å². The Balaban J connectivity index is 0.000000138. The molecular weight excluding hydrogens is 2000 g/mol. The fourth-order valence-corrected chi connectivity index (χ4v) is 23.0. The Hall–Kier alpha value is -10.1. The van der Waals surface area contributed by atoms with Gasteiger partial charge in [0.25, 0.3) is 0 Å². The van der Waals surface area contributed by atoms with Gasteiger partial charge in [0.15, 0.2) is 0 Å². The zero-order valence-corrected chi connectivity index (χ0v) is 90.7. The molecule has 798 valence electrons. The van der Waals surface area contributed by atoms with Crippen LogP contribution in [-0.4, -0.2) is 167 Å². The number of aliphatic hydroxyl groups excluding tert-OH is 1. The molecule has 18 aliphatic rings. The largest absolute Gasteiger partial charge is 0.473 e. The first-order valence-electron chi connectivity index (χ1n) is 53.4. The van der Waals surface area contributed by atoms with Crippen LogP contribution in [0.3, 0.4) is 0 Å². The molecule has 3 N–H and O–H groups in total. The molecular formula is C118H145Cl2N3O25Zn. The third-order valence-corrected chi connectivity index (χ3v) is 31.0. The zero-order valence-electron chi connectivity index (χ0n) is 86.2. The average molecular weight is 2140 g/mol. The minimum atomic E-state index is -0.931. The first-order valence-corrected chi connectivity index (χ1v) is 61.2. The number of nitriles is 3. The summed E-state index contributed by atoms with van der Waals surface area (Å²) in [5, 5.41) is 51.0. The quantitative estimate of drug-likeness (QED) is 0.0311. The molecule has 0 spiro atoms. The van der Waals surface area contributed by atoms with Crippen molar-refractivity contribution >= 4 is 61.2 Å². The van der Waals surface area contributed by atoms with Crippen molar-refractivity contribution in [2.45, 2.75) is 361 Å². The van der Waals surface area contributed by atoms with Crippen LogP contribution in [0.1, 0.15) is 285 Å². The molecule has 0 amide bonds. The predicted molar refractivity (Wildman–Crippen MR) is 549 cm³/mol. The number of furan rings is 1. The van der Waals surface area contributed by atoms with Crippen molar-refractivity contribution in [3.05, 3.63) is 253 Å². The van der Waals surface area contributed by atoms with Gasteiger partial charge < -0.3 is 86.1 Å². The number of nitrogens with zero attached hydrogens (tertiary/aromatic N) is 3. The number of carboxylic acid groups (broad SMARTS) is 2. The SMILES string of the molecule is C=CC#N.C[C@@H](O)c1ccccc1.C[C@@H](OC(=O)C1C[C@@H]2CC[C@H]1O2)c1ccccc1.C[C@@H](OC(=O)[C@@H]1C[C@H]2CC[C@@H]1O2)c1ccccc1.C[C@@H](OC(=O)[C@@H]1C[C@H]2CC[C@@H]1O2)c1ccccc1.C[C@@H](OC(=O)[C@@H]1C[C@H]2CC[C@@H]1O2)c1ccccc1.C[C@@H](OC(=O)[C@H]1C[C@@H]2CC[C@H]1O2)c1ccccc1.N#CC1C[C@H]2CC[C@@H]1O2.N#CC1C[C@H]2CC[C@@H]1O2.O=C(O)[C@@H]1C[C@H]2CC[C@@H]1O2.O=C(O)[C@@H]1C[C@H]2CC[C@@H]1O2.[Cl][Zn][Cl].c1ccoc1. The van der Waals surface area contributed by atoms with Gasteiger partial charge >= 0.3 is 76.3 Å². The van der Waals surface area contributed by atoms with Crippen molar-refractivity contribution in [2.75, 3.05) is 0 Å². The first-order chi connectivity index (χ1) is 72.2. The summed E-state index contributed by atoms with van der Waals surface area (Å²) in [4.78, 5) is 81.6. The van der Waals surface area contributed by atoms with Gasteiger partial charge in [0.1, 0.15) is 30.5 Å². The third kappa shape index (κ3) is 34.2. The molecule has 6 aromatic carbocycles. The van der Waals surface area contributed by atoms with Crippen LogP contribution in [0.5, 0.6) is 0 Å². The number of allylic oxidation sites excluding steroid dienone is 1. The van der Waals surface area contributed by atoms with Gasteiger partial charge in [-0.2, -0.15) is 15.8 Å². The molecule has 18 aliphatic heterocycles. The summed E-state index contributed by atoms with van der Waals surface area (Å²) < 4.78 is 82.5. The van der Waals surface area contributed by atoms with Gasteiger partial charge in [0, 0.05) is 6.08 Å². The maximum Gasteiger partial charge on any atom is 0.0902 e. The van der Waals surface area contributed by atoms with Gasteiger partial charge in [-0.15, -0.1) is 0 Å². The van der Waals surface area contributed by atoms with E-state index in [-0.39, 0.29) is 175 Å². The normalized spacial score (nSPS) is 31.8. The number of carboxylic acids is 2. The molecule has 31 heteroatoms. The standard InChI is InChI=1S/5C15H18O3.C8H10O.2C7H9NO.2C7H10O3.C4H4O.C3H3N.2ClH.Zn/c5*1-10(11-5-3-2-4-6-11)17-15(16)13-9-12-7-8-14(13)18-12;1-7(9)8-5-3-2-4-6-8;2*8-4-5-3-6-1-2-7(5)9-6;2*8-7(9)5-3-4-1-2-6(5)10-4;1-2-4-5-3-1;1-2-3-4;;;/h5*2-6,10,12-14H,7-9H2,1H3;2-7,9H,1H3;2*5-7H,1-3H2;2*4-6H,1-3H2,(H,8,9);1-4H;2H,1H2;2*1H;/q;;;;;;;;;;;;;;+2/p-2/t10-,12+,13?,14-;10-,12+,13+,14-;3*10-,12-,13-,14+;7-;2*5?,6-,7+;2*4-,5-,6+;;;;;/m1111111111...../s1. The number of aliphatic carboxylic acids is 2. The number of carbonyl (C=O) groups is 7. The van der Waals surface area contributed by atoms with Crippen molar-refractivity contribution in [1.29, 1.82) is 15.8 Å². The monoisotopic (exact) mass is 2140 g/mol. The van der Waals surface area contributed by atoms with E-state index < -0.39 is 27.1 Å². The van der Waals surface area contributed by atoms with Crippen molar-refractivity contribution in [3.63, 3.8) is 0 Å². The van der Waals surface area contributed by atoms with Crippen LogP contribution in [0.2, 0.25) is 0 Å². The Morgan fingerprint density at radius 2 is 0.477 bits per heavy atom. The zero-order chi connectivity index (χ0) is 106. The summed E-state index contributed by atoms with van der Waals surface area (Å²) in [6, 6.07) is 68.7. The summed E-state index contributed by atoms with van der Waals surface area (Å²) in [6.45, 7) is 14.5. The molecule has 7 aromatic rings. The van der Waals surface area contributed by atoms with Crippen LogP contribution in [0.4, 0.5) is 0 Å². The van der Waals surface area contributed by atoms with Crippen LogP contribution in [0, 0.1) is 87.3 Å². The summed E-state index contributed by atoms with van der Waals surface area (Å²) in [5.41, 5.74) is 6.15. The average Bonchev–Trinajstić information content (AvgIpc) is 1.68. The first kappa shape index (κ1) is 116. The maximum absolute atomic E-state index is 12.1. The van der Waals surface area contributed by atoms with Crippen LogP contribution < -0.4 is 0 Å². The fraction of sp³-hybridized carbons (Fsp3) is 0.559. The molecule has 25 rings (SSSR count). The molecule has 1 aromatic heterocycles. The van der Waals surface area contributed by atoms with E-state index in [1.807, 2.05) is 229 Å². The topological polar surface area (TPSA) is 394 Å². The Bertz CT molecular complexity index is 4820. The van der Waals surface area contributed by atoms with E-state index >= 15 is 0 Å². The molecule has 18 bridgehead atoms. The molecule has 19 heterocycles. The van der Waals surface area contributed by atoms with Gasteiger partial charge in [-0.05, 0) is 260 Å². The molecule has 33 atom stereocenters. The summed E-state index contributed by atoms with van der Waals surface area (Å²) in [7, 11) is 9.90. The second kappa shape index (κ2) is 59.2. The van der Waals surface area contributed by atoms with Crippen molar-refractivity contribution < 1.29 is 135 Å². The second-order valence-electron chi connectivity index (χ2n) is 41.1. The molecule has 28 nitrogen and oxygen atoms in total. The number of carbonyl (C=O) groups excluding carboxylic acids is 5. The molecule has 18 saturated heterocycles. The van der Waals surface area contributed by atoms with Crippen molar-refractivity contribution in [1.82, 2.24) is 0 Å². The predicted octanol–water partition coefficient (Wildman–Crippen LogP) is 22.8. The van der Waals surface area contributed by atoms with E-state index in [4.69, 9.17) is 117 Å². The Morgan fingerprint density at radius 1 is 0.302 bits per heavy atom. The van der Waals surface area contributed by atoms with Gasteiger partial charge in [-0.25, -0.2) is 0 Å². The number of fused-ring (bicyclic) bond motifs is 18. The van der Waals surface area contributed by atoms with E-state index in [0.717, 1.165) is 194 Å². The third-order valence-electron chi connectivity index (χ3n) is 31.0. The summed E-state index contributed by atoms with van der Waals surface area (Å²) in [5.74, 6) is -2.10. The number of hydrogen-bond acceptors (Lipinski definition) is 26. The van der Waals surface area contributed by atoms with Gasteiger partial charge in [0.05, 0.1) is 200 Å². The molecule has 0 saturated carbocycles. The van der Waals surface area contributed by atoms with Gasteiger partial charge in [0.2, 0.25) is 0 Å². The molecule has 3 unspecified atom stereocenters. The number of rotatable bonds is 18. The van der Waals surface area contributed by atoms with Gasteiger partial charge in [-0.3, -0.25) is 33.6 Å². The van der Waals surface area contributed by atoms with E-state index in [0.29, 0.717) is 54.9 Å². The number of ether oxygens (including phenoxy) is 14. The minimum Gasteiger partial charge on any atom is -0.473 e. The van der Waals surface area contributed by atoms with E-state index in [9.17, 15) is 33.6 Å². The number of halogens is 2. The Morgan fingerprint density at radius 3 is 0.584 bits per heavy atom. The van der Waals surface area contributed by atoms with Crippen molar-refractivity contribution in [3.8, 4) is 18.2 Å². The van der Waals surface area contributed by atoms with Crippen LogP contribution in [0.15, 0.2) is 224 Å². The molecule has 149 heavy (non-hydrogen) atoms. The summed E-state index contributed by atoms with van der Waals surface area (Å²) >= 11 is -0.931. The summed E-state index contributed by atoms with van der Waals surface area (Å²) in [6.07, 6.45) is 33.9. The number of esters is 5. The minimum absolute atomic E-state index is 0.0301. The number of benzene rings is 6. The molecule has 0 radical (unpaired) electrons. The van der Waals surface area contributed by atoms with Crippen molar-refractivity contribution in [2.24, 2.45) is 53.3 Å². The molecule has 0 aliphatic carbocycles. The smallest absolute Gasteiger partial charge is 0.0902 e.